The number of carbonyl (C=O) groups is 1. The Balaban J connectivity index is 2.05. The van der Waals surface area contributed by atoms with E-state index in [9.17, 15) is 10.0 Å². The zero-order valence-corrected chi connectivity index (χ0v) is 7.21. The molecular formula is C8H14N2O2. The van der Waals surface area contributed by atoms with E-state index in [2.05, 4.69) is 5.32 Å². The predicted molar refractivity (Wildman–Crippen MR) is 42.6 cm³/mol. The van der Waals surface area contributed by atoms with Crippen molar-refractivity contribution in [2.75, 3.05) is 19.6 Å². The summed E-state index contributed by atoms with van der Waals surface area (Å²) in [5, 5.41) is 13.2. The van der Waals surface area contributed by atoms with Gasteiger partial charge in [0.2, 0.25) is 0 Å². The number of hydrogen-bond donors (Lipinski definition) is 2. The van der Waals surface area contributed by atoms with Crippen LogP contribution < -0.4 is 5.32 Å². The first kappa shape index (κ1) is 8.01. The molecule has 2 N–H and O–H groups in total. The summed E-state index contributed by atoms with van der Waals surface area (Å²) in [4.78, 5) is 11.6. The molecule has 12 heavy (non-hydrogen) atoms. The SMILES string of the molecule is CCN(O)C(=O)C12CNCC1C2. The van der Waals surface area contributed by atoms with Crippen LogP contribution in [-0.2, 0) is 4.79 Å². The highest BCUT2D eigenvalue weighted by atomic mass is 16.5. The molecule has 4 heteroatoms. The lowest BCUT2D eigenvalue weighted by Gasteiger charge is -2.18. The average Bonchev–Trinajstić information content (AvgIpc) is 2.67. The van der Waals surface area contributed by atoms with Gasteiger partial charge in [0.05, 0.1) is 5.41 Å². The van der Waals surface area contributed by atoms with E-state index in [0.29, 0.717) is 12.5 Å². The molecule has 1 saturated carbocycles. The minimum atomic E-state index is -0.231. The van der Waals surface area contributed by atoms with E-state index in [1.54, 1.807) is 6.92 Å². The van der Waals surface area contributed by atoms with E-state index in [4.69, 9.17) is 0 Å². The van der Waals surface area contributed by atoms with Crippen molar-refractivity contribution in [2.24, 2.45) is 11.3 Å². The fourth-order valence-corrected chi connectivity index (χ4v) is 2.07. The maximum absolute atomic E-state index is 11.6. The third-order valence-corrected chi connectivity index (χ3v) is 3.02. The summed E-state index contributed by atoms with van der Waals surface area (Å²) in [5.41, 5.74) is -0.231. The molecule has 0 aromatic heterocycles. The highest BCUT2D eigenvalue weighted by Crippen LogP contribution is 2.55. The second kappa shape index (κ2) is 2.44. The summed E-state index contributed by atoms with van der Waals surface area (Å²) >= 11 is 0. The molecule has 0 spiro atoms. The summed E-state index contributed by atoms with van der Waals surface area (Å²) < 4.78 is 0. The smallest absolute Gasteiger partial charge is 0.253 e. The topological polar surface area (TPSA) is 52.6 Å². The second-order valence-corrected chi connectivity index (χ2v) is 3.71. The minimum Gasteiger partial charge on any atom is -0.315 e. The van der Waals surface area contributed by atoms with Crippen molar-refractivity contribution in [2.45, 2.75) is 13.3 Å². The number of hydroxylamine groups is 2. The Kier molecular flexibility index (Phi) is 1.63. The van der Waals surface area contributed by atoms with E-state index >= 15 is 0 Å². The summed E-state index contributed by atoms with van der Waals surface area (Å²) in [6.07, 6.45) is 0.954. The number of piperidine rings is 1. The first-order valence-electron chi connectivity index (χ1n) is 4.42. The quantitative estimate of drug-likeness (QED) is 0.447. The van der Waals surface area contributed by atoms with Crippen LogP contribution >= 0.6 is 0 Å². The van der Waals surface area contributed by atoms with Crippen molar-refractivity contribution in [3.63, 3.8) is 0 Å². The number of hydrogen-bond acceptors (Lipinski definition) is 3. The molecule has 2 unspecified atom stereocenters. The van der Waals surface area contributed by atoms with Gasteiger partial charge in [-0.2, -0.15) is 0 Å². The van der Waals surface area contributed by atoms with Crippen molar-refractivity contribution < 1.29 is 10.0 Å². The normalized spacial score (nSPS) is 37.7. The van der Waals surface area contributed by atoms with Crippen LogP contribution in [0.15, 0.2) is 0 Å². The van der Waals surface area contributed by atoms with Crippen LogP contribution in [0.2, 0.25) is 0 Å². The van der Waals surface area contributed by atoms with E-state index in [0.717, 1.165) is 24.6 Å². The lowest BCUT2D eigenvalue weighted by Crippen LogP contribution is -2.37. The Morgan fingerprint density at radius 1 is 1.83 bits per heavy atom. The monoisotopic (exact) mass is 170 g/mol. The van der Waals surface area contributed by atoms with Crippen molar-refractivity contribution in [3.8, 4) is 0 Å². The van der Waals surface area contributed by atoms with Crippen molar-refractivity contribution in [1.82, 2.24) is 10.4 Å². The molecule has 2 fully saturated rings. The fraction of sp³-hybridized carbons (Fsp3) is 0.875. The van der Waals surface area contributed by atoms with E-state index < -0.39 is 0 Å². The third kappa shape index (κ3) is 0.881. The van der Waals surface area contributed by atoms with Gasteiger partial charge in [-0.05, 0) is 25.8 Å². The molecule has 0 aromatic carbocycles. The van der Waals surface area contributed by atoms with Gasteiger partial charge < -0.3 is 5.32 Å². The summed E-state index contributed by atoms with van der Waals surface area (Å²) in [7, 11) is 0. The van der Waals surface area contributed by atoms with Crippen LogP contribution in [0.3, 0.4) is 0 Å². The Hall–Kier alpha value is -0.610. The summed E-state index contributed by atoms with van der Waals surface area (Å²) in [6.45, 7) is 3.83. The number of nitrogens with one attached hydrogen (secondary N) is 1. The van der Waals surface area contributed by atoms with Crippen LogP contribution in [0.5, 0.6) is 0 Å². The number of carbonyl (C=O) groups excluding carboxylic acids is 1. The zero-order chi connectivity index (χ0) is 8.77. The molecule has 1 saturated heterocycles. The van der Waals surface area contributed by atoms with Gasteiger partial charge in [0, 0.05) is 13.1 Å². The Labute approximate surface area is 71.5 Å². The number of rotatable bonds is 2. The van der Waals surface area contributed by atoms with Gasteiger partial charge in [-0.1, -0.05) is 0 Å². The molecule has 1 aliphatic carbocycles. The molecule has 68 valence electrons. The number of nitrogens with zero attached hydrogens (tertiary/aromatic N) is 1. The fourth-order valence-electron chi connectivity index (χ4n) is 2.07. The molecule has 1 heterocycles. The average molecular weight is 170 g/mol. The molecule has 2 aliphatic rings. The van der Waals surface area contributed by atoms with Gasteiger partial charge in [-0.15, -0.1) is 0 Å². The zero-order valence-electron chi connectivity index (χ0n) is 7.21. The summed E-state index contributed by atoms with van der Waals surface area (Å²) in [6, 6.07) is 0. The van der Waals surface area contributed by atoms with Gasteiger partial charge in [-0.3, -0.25) is 10.0 Å². The van der Waals surface area contributed by atoms with Crippen molar-refractivity contribution in [3.05, 3.63) is 0 Å². The maximum Gasteiger partial charge on any atom is 0.253 e. The van der Waals surface area contributed by atoms with E-state index in [-0.39, 0.29) is 11.3 Å². The van der Waals surface area contributed by atoms with Crippen molar-refractivity contribution in [1.29, 1.82) is 0 Å². The Morgan fingerprint density at radius 3 is 3.00 bits per heavy atom. The Bertz CT molecular complexity index is 219. The first-order chi connectivity index (χ1) is 5.70. The molecular weight excluding hydrogens is 156 g/mol. The lowest BCUT2D eigenvalue weighted by molar-refractivity contribution is -0.170. The van der Waals surface area contributed by atoms with Crippen LogP contribution in [-0.4, -0.2) is 35.8 Å². The lowest BCUT2D eigenvalue weighted by atomic mass is 10.1. The summed E-state index contributed by atoms with van der Waals surface area (Å²) in [5.74, 6) is 0.381. The highest BCUT2D eigenvalue weighted by molar-refractivity contribution is 5.86. The van der Waals surface area contributed by atoms with Gasteiger partial charge in [-0.25, -0.2) is 5.06 Å². The molecule has 0 bridgehead atoms. The molecule has 4 nitrogen and oxygen atoms in total. The standard InChI is InChI=1S/C8H14N2O2/c1-2-10(12)7(11)8-3-6(8)4-9-5-8/h6,9,12H,2-5H2,1H3. The molecule has 0 aromatic rings. The molecule has 2 atom stereocenters. The van der Waals surface area contributed by atoms with Gasteiger partial charge >= 0.3 is 0 Å². The van der Waals surface area contributed by atoms with Crippen LogP contribution in [0.25, 0.3) is 0 Å². The maximum atomic E-state index is 11.6. The molecule has 1 aliphatic heterocycles. The Morgan fingerprint density at radius 2 is 2.58 bits per heavy atom. The van der Waals surface area contributed by atoms with Crippen LogP contribution in [0.4, 0.5) is 0 Å². The van der Waals surface area contributed by atoms with Gasteiger partial charge in [0.25, 0.3) is 5.91 Å². The number of amides is 1. The van der Waals surface area contributed by atoms with E-state index in [1.807, 2.05) is 0 Å². The van der Waals surface area contributed by atoms with Gasteiger partial charge in [0.1, 0.15) is 0 Å². The molecule has 2 rings (SSSR count). The van der Waals surface area contributed by atoms with Crippen LogP contribution in [0, 0.1) is 11.3 Å². The number of fused-ring (bicyclic) bond motifs is 1. The first-order valence-corrected chi connectivity index (χ1v) is 4.42. The van der Waals surface area contributed by atoms with Crippen LogP contribution in [0.1, 0.15) is 13.3 Å². The predicted octanol–water partition coefficient (Wildman–Crippen LogP) is -0.166. The van der Waals surface area contributed by atoms with Gasteiger partial charge in [0.15, 0.2) is 0 Å². The minimum absolute atomic E-state index is 0.0972. The largest absolute Gasteiger partial charge is 0.315 e. The second-order valence-electron chi connectivity index (χ2n) is 3.71. The third-order valence-electron chi connectivity index (χ3n) is 3.02. The molecule has 1 amide bonds. The van der Waals surface area contributed by atoms with Crippen molar-refractivity contribution >= 4 is 5.91 Å². The molecule has 0 radical (unpaired) electrons. The highest BCUT2D eigenvalue weighted by Gasteiger charge is 2.63. The van der Waals surface area contributed by atoms with E-state index in [1.165, 1.54) is 0 Å².